The minimum atomic E-state index is -0.239. The van der Waals surface area contributed by atoms with Crippen molar-refractivity contribution in [3.05, 3.63) is 0 Å². The van der Waals surface area contributed by atoms with Crippen LogP contribution < -0.4 is 0 Å². The summed E-state index contributed by atoms with van der Waals surface area (Å²) in [5.41, 5.74) is 0. The maximum Gasteiger partial charge on any atom is 0.409 e. The van der Waals surface area contributed by atoms with Gasteiger partial charge in [0.25, 0.3) is 0 Å². The van der Waals surface area contributed by atoms with Crippen LogP contribution >= 0.6 is 0 Å². The summed E-state index contributed by atoms with van der Waals surface area (Å²) in [6.45, 7) is 5.31. The Bertz CT molecular complexity index is 169. The van der Waals surface area contributed by atoms with Gasteiger partial charge in [0, 0.05) is 13.6 Å². The number of amides is 1. The molecule has 0 saturated heterocycles. The summed E-state index contributed by atoms with van der Waals surface area (Å²) in [4.78, 5) is 12.7. The van der Waals surface area contributed by atoms with Gasteiger partial charge in [0.1, 0.15) is 0 Å². The molecule has 0 aromatic carbocycles. The Hall–Kier alpha value is -0.730. The summed E-state index contributed by atoms with van der Waals surface area (Å²) in [6, 6.07) is 0. The van der Waals surface area contributed by atoms with Crippen molar-refractivity contribution in [2.24, 2.45) is 5.92 Å². The first-order valence-corrected chi connectivity index (χ1v) is 5.87. The van der Waals surface area contributed by atoms with Crippen LogP contribution in [0.25, 0.3) is 0 Å². The molecule has 0 N–H and O–H groups in total. The number of nitrogens with zero attached hydrogens (tertiary/aromatic N) is 1. The molecule has 1 amide bonds. The Morgan fingerprint density at radius 2 is 1.80 bits per heavy atom. The fourth-order valence-electron chi connectivity index (χ4n) is 1.50. The Morgan fingerprint density at radius 3 is 2.33 bits per heavy atom. The van der Waals surface area contributed by atoms with Crippen LogP contribution in [0.15, 0.2) is 0 Å². The molecule has 0 fully saturated rings. The number of carbonyl (C=O) groups is 1. The Kier molecular flexibility index (Phi) is 8.15. The zero-order valence-electron chi connectivity index (χ0n) is 10.6. The first-order chi connectivity index (χ1) is 7.07. The highest BCUT2D eigenvalue weighted by Crippen LogP contribution is 2.09. The Morgan fingerprint density at radius 1 is 1.20 bits per heavy atom. The SMILES string of the molecule is COC(=O)N(C)CCCCCCC(C)C. The first kappa shape index (κ1) is 14.3. The molecule has 0 aliphatic carbocycles. The normalized spacial score (nSPS) is 10.5. The molecule has 0 aliphatic heterocycles. The van der Waals surface area contributed by atoms with Gasteiger partial charge < -0.3 is 9.64 Å². The second-order valence-electron chi connectivity index (χ2n) is 4.49. The monoisotopic (exact) mass is 215 g/mol. The molecule has 15 heavy (non-hydrogen) atoms. The molecule has 3 nitrogen and oxygen atoms in total. The quantitative estimate of drug-likeness (QED) is 0.610. The molecule has 0 radical (unpaired) electrons. The molecule has 3 heteroatoms. The lowest BCUT2D eigenvalue weighted by Gasteiger charge is -2.14. The third-order valence-corrected chi connectivity index (χ3v) is 2.51. The van der Waals surface area contributed by atoms with Crippen molar-refractivity contribution in [2.75, 3.05) is 20.7 Å². The number of carbonyl (C=O) groups excluding carboxylic acids is 1. The number of hydrogen-bond acceptors (Lipinski definition) is 2. The van der Waals surface area contributed by atoms with Crippen LogP contribution in [0.4, 0.5) is 4.79 Å². The highest BCUT2D eigenvalue weighted by atomic mass is 16.5. The van der Waals surface area contributed by atoms with Crippen molar-refractivity contribution >= 4 is 6.09 Å². The van der Waals surface area contributed by atoms with Crippen LogP contribution in [-0.2, 0) is 4.74 Å². The van der Waals surface area contributed by atoms with E-state index in [1.165, 1.54) is 32.8 Å². The lowest BCUT2D eigenvalue weighted by molar-refractivity contribution is 0.132. The summed E-state index contributed by atoms with van der Waals surface area (Å²) in [6.07, 6.45) is 5.93. The van der Waals surface area contributed by atoms with Crippen LogP contribution in [0.1, 0.15) is 46.0 Å². The van der Waals surface area contributed by atoms with Crippen LogP contribution in [0.5, 0.6) is 0 Å². The van der Waals surface area contributed by atoms with Gasteiger partial charge in [0.05, 0.1) is 7.11 Å². The van der Waals surface area contributed by atoms with E-state index in [1.54, 1.807) is 11.9 Å². The van der Waals surface area contributed by atoms with Gasteiger partial charge >= 0.3 is 6.09 Å². The van der Waals surface area contributed by atoms with E-state index in [0.29, 0.717) is 0 Å². The van der Waals surface area contributed by atoms with Gasteiger partial charge in [-0.25, -0.2) is 4.79 Å². The number of hydrogen-bond donors (Lipinski definition) is 0. The van der Waals surface area contributed by atoms with E-state index < -0.39 is 0 Å². The first-order valence-electron chi connectivity index (χ1n) is 5.87. The van der Waals surface area contributed by atoms with Gasteiger partial charge in [-0.3, -0.25) is 0 Å². The molecule has 0 rings (SSSR count). The van der Waals surface area contributed by atoms with Crippen molar-refractivity contribution in [3.8, 4) is 0 Å². The van der Waals surface area contributed by atoms with Crippen molar-refractivity contribution < 1.29 is 9.53 Å². The van der Waals surface area contributed by atoms with Gasteiger partial charge in [-0.15, -0.1) is 0 Å². The molecule has 0 aromatic rings. The number of methoxy groups -OCH3 is 1. The number of unbranched alkanes of at least 4 members (excludes halogenated alkanes) is 3. The molecular formula is C12H25NO2. The van der Waals surface area contributed by atoms with E-state index in [9.17, 15) is 4.79 Å². The van der Waals surface area contributed by atoms with Gasteiger partial charge in [-0.2, -0.15) is 0 Å². The van der Waals surface area contributed by atoms with Gasteiger partial charge in [0.2, 0.25) is 0 Å². The highest BCUT2D eigenvalue weighted by Gasteiger charge is 2.06. The molecule has 0 unspecified atom stereocenters. The van der Waals surface area contributed by atoms with Gasteiger partial charge in [-0.1, -0.05) is 39.5 Å². The molecule has 0 atom stereocenters. The molecule has 0 bridgehead atoms. The fourth-order valence-corrected chi connectivity index (χ4v) is 1.50. The van der Waals surface area contributed by atoms with Crippen molar-refractivity contribution in [1.82, 2.24) is 4.90 Å². The molecule has 90 valence electrons. The molecule has 0 spiro atoms. The van der Waals surface area contributed by atoms with Gasteiger partial charge in [0.15, 0.2) is 0 Å². The standard InChI is InChI=1S/C12H25NO2/c1-11(2)9-7-5-6-8-10-13(3)12(14)15-4/h11H,5-10H2,1-4H3. The summed E-state index contributed by atoms with van der Waals surface area (Å²) in [5, 5.41) is 0. The second kappa shape index (κ2) is 8.57. The molecule has 0 saturated carbocycles. The molecule has 0 aromatic heterocycles. The maximum atomic E-state index is 11.0. The average molecular weight is 215 g/mol. The third kappa shape index (κ3) is 8.28. The van der Waals surface area contributed by atoms with Gasteiger partial charge in [-0.05, 0) is 12.3 Å². The number of ether oxygens (including phenoxy) is 1. The zero-order valence-corrected chi connectivity index (χ0v) is 10.6. The minimum Gasteiger partial charge on any atom is -0.453 e. The largest absolute Gasteiger partial charge is 0.453 e. The van der Waals surface area contributed by atoms with Crippen molar-refractivity contribution in [3.63, 3.8) is 0 Å². The summed E-state index contributed by atoms with van der Waals surface area (Å²) < 4.78 is 4.61. The third-order valence-electron chi connectivity index (χ3n) is 2.51. The minimum absolute atomic E-state index is 0.239. The summed E-state index contributed by atoms with van der Waals surface area (Å²) in [5.74, 6) is 0.808. The van der Waals surface area contributed by atoms with E-state index >= 15 is 0 Å². The average Bonchev–Trinajstić information content (AvgIpc) is 2.21. The Labute approximate surface area is 93.8 Å². The Balaban J connectivity index is 3.27. The topological polar surface area (TPSA) is 29.5 Å². The molecular weight excluding hydrogens is 190 g/mol. The summed E-state index contributed by atoms with van der Waals surface area (Å²) in [7, 11) is 3.20. The van der Waals surface area contributed by atoms with Crippen molar-refractivity contribution in [1.29, 1.82) is 0 Å². The smallest absolute Gasteiger partial charge is 0.409 e. The van der Waals surface area contributed by atoms with E-state index in [4.69, 9.17) is 0 Å². The second-order valence-corrected chi connectivity index (χ2v) is 4.49. The van der Waals surface area contributed by atoms with Crippen LogP contribution in [0.2, 0.25) is 0 Å². The van der Waals surface area contributed by atoms with Crippen molar-refractivity contribution in [2.45, 2.75) is 46.0 Å². The number of rotatable bonds is 7. The van der Waals surface area contributed by atoms with E-state index in [2.05, 4.69) is 18.6 Å². The summed E-state index contributed by atoms with van der Waals surface area (Å²) >= 11 is 0. The predicted octanol–water partition coefficient (Wildman–Crippen LogP) is 3.29. The predicted molar refractivity (Wildman–Crippen MR) is 63.0 cm³/mol. The molecule has 0 heterocycles. The lowest BCUT2D eigenvalue weighted by atomic mass is 10.0. The lowest BCUT2D eigenvalue weighted by Crippen LogP contribution is -2.27. The van der Waals surface area contributed by atoms with Crippen LogP contribution in [-0.4, -0.2) is 31.7 Å². The zero-order chi connectivity index (χ0) is 11.7. The van der Waals surface area contributed by atoms with E-state index in [0.717, 1.165) is 18.9 Å². The van der Waals surface area contributed by atoms with Crippen LogP contribution in [0, 0.1) is 5.92 Å². The fraction of sp³-hybridized carbons (Fsp3) is 0.917. The van der Waals surface area contributed by atoms with E-state index in [1.807, 2.05) is 0 Å². The maximum absolute atomic E-state index is 11.0. The van der Waals surface area contributed by atoms with Crippen LogP contribution in [0.3, 0.4) is 0 Å². The highest BCUT2D eigenvalue weighted by molar-refractivity contribution is 5.66. The van der Waals surface area contributed by atoms with E-state index in [-0.39, 0.29) is 6.09 Å². The molecule has 0 aliphatic rings.